The van der Waals surface area contributed by atoms with E-state index in [1.807, 2.05) is 6.07 Å². The molecule has 1 heterocycles. The van der Waals surface area contributed by atoms with Crippen molar-refractivity contribution in [3.05, 3.63) is 27.5 Å². The minimum atomic E-state index is -3.75. The summed E-state index contributed by atoms with van der Waals surface area (Å²) in [6.07, 6.45) is 1.70. The van der Waals surface area contributed by atoms with Gasteiger partial charge in [0.25, 0.3) is 5.91 Å². The molecule has 1 saturated carbocycles. The van der Waals surface area contributed by atoms with E-state index in [-0.39, 0.29) is 16.6 Å². The molecule has 21 heavy (non-hydrogen) atoms. The highest BCUT2D eigenvalue weighted by atomic mass is 127. The van der Waals surface area contributed by atoms with Gasteiger partial charge in [-0.25, -0.2) is 8.42 Å². The van der Waals surface area contributed by atoms with E-state index in [9.17, 15) is 13.2 Å². The summed E-state index contributed by atoms with van der Waals surface area (Å²) in [5.41, 5.74) is 5.88. The Labute approximate surface area is 135 Å². The number of halogens is 1. The number of nitrogens with one attached hydrogen (secondary N) is 1. The standard InChI is InChI=1S/C13H14IN3O3S/c1-17(8-3-4-8)21(19,20)12-9-6-7(14)2-5-10(9)16-11(12)13(15)18/h2,5-6,8,16H,3-4H2,1H3,(H2,15,18). The van der Waals surface area contributed by atoms with Crippen molar-refractivity contribution in [2.24, 2.45) is 5.73 Å². The molecular weight excluding hydrogens is 405 g/mol. The van der Waals surface area contributed by atoms with Crippen molar-refractivity contribution < 1.29 is 13.2 Å². The molecule has 0 aliphatic heterocycles. The lowest BCUT2D eigenvalue weighted by molar-refractivity contribution is 0.0993. The predicted octanol–water partition coefficient (Wildman–Crippen LogP) is 1.65. The Morgan fingerprint density at radius 1 is 1.43 bits per heavy atom. The highest BCUT2D eigenvalue weighted by Crippen LogP contribution is 2.35. The number of rotatable bonds is 4. The number of aromatic amines is 1. The number of primary amides is 1. The van der Waals surface area contributed by atoms with Crippen molar-refractivity contribution in [2.45, 2.75) is 23.8 Å². The number of nitrogens with zero attached hydrogens (tertiary/aromatic N) is 1. The number of carbonyl (C=O) groups is 1. The number of carbonyl (C=O) groups excluding carboxylic acids is 1. The van der Waals surface area contributed by atoms with Crippen molar-refractivity contribution in [2.75, 3.05) is 7.05 Å². The van der Waals surface area contributed by atoms with Crippen LogP contribution >= 0.6 is 22.6 Å². The monoisotopic (exact) mass is 419 g/mol. The average Bonchev–Trinajstić information content (AvgIpc) is 3.17. The molecule has 0 spiro atoms. The van der Waals surface area contributed by atoms with E-state index in [0.29, 0.717) is 10.9 Å². The molecule has 1 amide bonds. The maximum atomic E-state index is 12.8. The SMILES string of the molecule is CN(C1CC1)S(=O)(=O)c1c(C(N)=O)[nH]c2ccc(I)cc12. The van der Waals surface area contributed by atoms with E-state index in [1.165, 1.54) is 4.31 Å². The van der Waals surface area contributed by atoms with Crippen LogP contribution in [0, 0.1) is 3.57 Å². The molecule has 1 aromatic heterocycles. The molecule has 3 N–H and O–H groups in total. The van der Waals surface area contributed by atoms with E-state index in [0.717, 1.165) is 16.4 Å². The van der Waals surface area contributed by atoms with Crippen molar-refractivity contribution in [3.63, 3.8) is 0 Å². The second kappa shape index (κ2) is 4.96. The lowest BCUT2D eigenvalue weighted by Crippen LogP contribution is -2.30. The van der Waals surface area contributed by atoms with E-state index in [4.69, 9.17) is 5.73 Å². The van der Waals surface area contributed by atoms with Crippen LogP contribution in [0.4, 0.5) is 0 Å². The van der Waals surface area contributed by atoms with Gasteiger partial charge < -0.3 is 10.7 Å². The van der Waals surface area contributed by atoms with Gasteiger partial charge in [0.15, 0.2) is 0 Å². The minimum Gasteiger partial charge on any atom is -0.364 e. The summed E-state index contributed by atoms with van der Waals surface area (Å²) >= 11 is 2.10. The van der Waals surface area contributed by atoms with Gasteiger partial charge in [-0.2, -0.15) is 4.31 Å². The molecule has 0 bridgehead atoms. The van der Waals surface area contributed by atoms with Crippen LogP contribution in [0.15, 0.2) is 23.1 Å². The predicted molar refractivity (Wildman–Crippen MR) is 87.5 cm³/mol. The topological polar surface area (TPSA) is 96.3 Å². The van der Waals surface area contributed by atoms with Gasteiger partial charge in [-0.15, -0.1) is 0 Å². The van der Waals surface area contributed by atoms with Gasteiger partial charge >= 0.3 is 0 Å². The lowest BCUT2D eigenvalue weighted by Gasteiger charge is -2.16. The summed E-state index contributed by atoms with van der Waals surface area (Å²) in [7, 11) is -2.21. The van der Waals surface area contributed by atoms with Crippen molar-refractivity contribution in [1.82, 2.24) is 9.29 Å². The molecule has 0 saturated heterocycles. The highest BCUT2D eigenvalue weighted by Gasteiger charge is 2.38. The molecule has 2 aromatic rings. The van der Waals surface area contributed by atoms with Crippen LogP contribution in [-0.2, 0) is 10.0 Å². The maximum Gasteiger partial charge on any atom is 0.266 e. The van der Waals surface area contributed by atoms with Crippen LogP contribution in [-0.4, -0.2) is 36.7 Å². The van der Waals surface area contributed by atoms with Gasteiger partial charge in [0.05, 0.1) is 0 Å². The Balaban J connectivity index is 2.31. The average molecular weight is 419 g/mol. The molecule has 1 aromatic carbocycles. The molecule has 112 valence electrons. The summed E-state index contributed by atoms with van der Waals surface area (Å²) < 4.78 is 27.9. The molecule has 0 radical (unpaired) electrons. The van der Waals surface area contributed by atoms with Crippen molar-refractivity contribution >= 4 is 49.4 Å². The van der Waals surface area contributed by atoms with E-state index < -0.39 is 15.9 Å². The van der Waals surface area contributed by atoms with Crippen molar-refractivity contribution in [3.8, 4) is 0 Å². The second-order valence-electron chi connectivity index (χ2n) is 5.14. The summed E-state index contributed by atoms with van der Waals surface area (Å²) in [5.74, 6) is -0.774. The van der Waals surface area contributed by atoms with Crippen LogP contribution in [0.1, 0.15) is 23.3 Å². The van der Waals surface area contributed by atoms with Crippen molar-refractivity contribution in [1.29, 1.82) is 0 Å². The third kappa shape index (κ3) is 2.44. The third-order valence-electron chi connectivity index (χ3n) is 3.66. The Morgan fingerprint density at radius 2 is 2.10 bits per heavy atom. The summed E-state index contributed by atoms with van der Waals surface area (Å²) in [6, 6.07) is 5.35. The zero-order valence-electron chi connectivity index (χ0n) is 11.3. The maximum absolute atomic E-state index is 12.8. The third-order valence-corrected chi connectivity index (χ3v) is 6.32. The summed E-state index contributed by atoms with van der Waals surface area (Å²) in [5, 5.41) is 0.503. The number of H-pyrrole nitrogens is 1. The quantitative estimate of drug-likeness (QED) is 0.738. The van der Waals surface area contributed by atoms with Crippen LogP contribution in [0.5, 0.6) is 0 Å². The number of fused-ring (bicyclic) bond motifs is 1. The number of hydrogen-bond acceptors (Lipinski definition) is 3. The van der Waals surface area contributed by atoms with Gasteiger partial charge in [0.2, 0.25) is 10.0 Å². The first kappa shape index (κ1) is 14.8. The molecule has 1 aliphatic rings. The Kier molecular flexibility index (Phi) is 3.49. The van der Waals surface area contributed by atoms with Gasteiger partial charge in [-0.1, -0.05) is 0 Å². The van der Waals surface area contributed by atoms with E-state index in [1.54, 1.807) is 19.2 Å². The lowest BCUT2D eigenvalue weighted by atomic mass is 10.2. The van der Waals surface area contributed by atoms with Gasteiger partial charge in [-0.3, -0.25) is 4.79 Å². The highest BCUT2D eigenvalue weighted by molar-refractivity contribution is 14.1. The molecule has 0 unspecified atom stereocenters. The number of amides is 1. The van der Waals surface area contributed by atoms with Crippen LogP contribution in [0.3, 0.4) is 0 Å². The summed E-state index contributed by atoms with van der Waals surface area (Å²) in [4.78, 5) is 14.4. The first-order valence-corrected chi connectivity index (χ1v) is 8.93. The molecular formula is C13H14IN3O3S. The summed E-state index contributed by atoms with van der Waals surface area (Å²) in [6.45, 7) is 0. The first-order valence-electron chi connectivity index (χ1n) is 6.41. The van der Waals surface area contributed by atoms with Crippen LogP contribution < -0.4 is 5.73 Å². The molecule has 0 atom stereocenters. The minimum absolute atomic E-state index is 0.0158. The molecule has 6 nitrogen and oxygen atoms in total. The Bertz CT molecular complexity index is 840. The normalized spacial score (nSPS) is 15.8. The molecule has 1 aliphatic carbocycles. The van der Waals surface area contributed by atoms with E-state index in [2.05, 4.69) is 27.6 Å². The zero-order chi connectivity index (χ0) is 15.4. The molecule has 1 fully saturated rings. The zero-order valence-corrected chi connectivity index (χ0v) is 14.2. The van der Waals surface area contributed by atoms with Crippen LogP contribution in [0.2, 0.25) is 0 Å². The fourth-order valence-electron chi connectivity index (χ4n) is 2.36. The number of hydrogen-bond donors (Lipinski definition) is 2. The van der Waals surface area contributed by atoms with Gasteiger partial charge in [0.1, 0.15) is 10.6 Å². The van der Waals surface area contributed by atoms with E-state index >= 15 is 0 Å². The van der Waals surface area contributed by atoms with Crippen LogP contribution in [0.25, 0.3) is 10.9 Å². The largest absolute Gasteiger partial charge is 0.364 e. The fourth-order valence-corrected chi connectivity index (χ4v) is 4.60. The Morgan fingerprint density at radius 3 is 2.67 bits per heavy atom. The Hall–Kier alpha value is -1.13. The van der Waals surface area contributed by atoms with Gasteiger partial charge in [0, 0.05) is 27.6 Å². The van der Waals surface area contributed by atoms with Gasteiger partial charge in [-0.05, 0) is 53.6 Å². The number of benzene rings is 1. The number of sulfonamides is 1. The molecule has 8 heteroatoms. The number of aromatic nitrogens is 1. The first-order chi connectivity index (χ1) is 9.82. The number of nitrogens with two attached hydrogens (primary N) is 1. The smallest absolute Gasteiger partial charge is 0.266 e. The fraction of sp³-hybridized carbons (Fsp3) is 0.308. The molecule has 3 rings (SSSR count). The second-order valence-corrected chi connectivity index (χ2v) is 8.32.